The number of fused-ring (bicyclic) bond motifs is 2. The fourth-order valence-electron chi connectivity index (χ4n) is 3.37. The molecule has 2 nitrogen and oxygen atoms in total. The highest BCUT2D eigenvalue weighted by Crippen LogP contribution is 2.40. The van der Waals surface area contributed by atoms with Crippen molar-refractivity contribution in [3.8, 4) is 0 Å². The molecule has 0 bridgehead atoms. The zero-order valence-corrected chi connectivity index (χ0v) is 14.6. The van der Waals surface area contributed by atoms with Crippen molar-refractivity contribution >= 4 is 33.2 Å². The lowest BCUT2D eigenvalue weighted by atomic mass is 9.98. The fourth-order valence-corrected chi connectivity index (χ4v) is 3.85. The van der Waals surface area contributed by atoms with Gasteiger partial charge >= 0.3 is 0 Å². The molecule has 0 spiro atoms. The summed E-state index contributed by atoms with van der Waals surface area (Å²) in [5.41, 5.74) is 5.39. The molecule has 0 saturated carbocycles. The third kappa shape index (κ3) is 2.47. The molecule has 0 N–H and O–H groups in total. The average molecular weight is 335 g/mol. The van der Waals surface area contributed by atoms with Crippen LogP contribution in [0.1, 0.15) is 25.1 Å². The zero-order chi connectivity index (χ0) is 16.7. The number of benzene rings is 2. The topological polar surface area (TPSA) is 16.1 Å². The lowest BCUT2D eigenvalue weighted by Crippen LogP contribution is -2.29. The molecule has 0 radical (unpaired) electrons. The second-order valence-electron chi connectivity index (χ2n) is 6.46. The van der Waals surface area contributed by atoms with Gasteiger partial charge in [-0.15, -0.1) is 0 Å². The normalized spacial score (nSPS) is 14.4. The molecule has 3 heteroatoms. The minimum absolute atomic E-state index is 0.319. The largest absolute Gasteiger partial charge is 0.339 e. The van der Waals surface area contributed by atoms with Gasteiger partial charge in [-0.2, -0.15) is 0 Å². The fraction of sp³-hybridized carbons (Fsp3) is 0.190. The Labute approximate surface area is 147 Å². The van der Waals surface area contributed by atoms with Gasteiger partial charge in [-0.1, -0.05) is 61.8 Å². The van der Waals surface area contributed by atoms with E-state index in [0.717, 1.165) is 39.6 Å². The number of hydrogen-bond acceptors (Lipinski definition) is 2. The number of hydrogen-bond donors (Lipinski definition) is 0. The van der Waals surface area contributed by atoms with Gasteiger partial charge in [0.1, 0.15) is 0 Å². The highest BCUT2D eigenvalue weighted by molar-refractivity contribution is 6.49. The van der Waals surface area contributed by atoms with Gasteiger partial charge in [-0.05, 0) is 35.7 Å². The number of nitrogens with zero attached hydrogens (tertiary/aromatic N) is 2. The molecule has 0 fully saturated rings. The summed E-state index contributed by atoms with van der Waals surface area (Å²) in [5.74, 6) is 0.319. The first-order valence-corrected chi connectivity index (χ1v) is 8.64. The van der Waals surface area contributed by atoms with Crippen LogP contribution in [0.15, 0.2) is 66.4 Å². The van der Waals surface area contributed by atoms with Crippen molar-refractivity contribution < 1.29 is 0 Å². The molecule has 0 amide bonds. The molecule has 24 heavy (non-hydrogen) atoms. The maximum absolute atomic E-state index is 6.83. The van der Waals surface area contributed by atoms with Crippen molar-refractivity contribution in [2.45, 2.75) is 20.4 Å². The predicted molar refractivity (Wildman–Crippen MR) is 102 cm³/mol. The van der Waals surface area contributed by atoms with Crippen LogP contribution >= 0.6 is 11.6 Å². The molecule has 1 aliphatic heterocycles. The predicted octanol–water partition coefficient (Wildman–Crippen LogP) is 5.82. The van der Waals surface area contributed by atoms with E-state index in [9.17, 15) is 0 Å². The van der Waals surface area contributed by atoms with Crippen LogP contribution in [0.25, 0.3) is 15.9 Å². The van der Waals surface area contributed by atoms with Gasteiger partial charge in [-0.25, -0.2) is 4.98 Å². The molecule has 0 saturated heterocycles. The molecule has 2 aromatic carbocycles. The van der Waals surface area contributed by atoms with Crippen LogP contribution in [0.4, 0.5) is 5.69 Å². The zero-order valence-electron chi connectivity index (χ0n) is 13.8. The van der Waals surface area contributed by atoms with Gasteiger partial charge in [0, 0.05) is 16.8 Å². The molecule has 1 aliphatic rings. The molecule has 1 aromatic heterocycles. The van der Waals surface area contributed by atoms with Gasteiger partial charge < -0.3 is 4.90 Å². The number of pyridine rings is 1. The minimum atomic E-state index is 0.319. The Kier molecular flexibility index (Phi) is 3.78. The van der Waals surface area contributed by atoms with E-state index in [0.29, 0.717) is 5.92 Å². The Morgan fingerprint density at radius 2 is 1.71 bits per heavy atom. The van der Waals surface area contributed by atoms with Crippen molar-refractivity contribution in [3.63, 3.8) is 0 Å². The van der Waals surface area contributed by atoms with Crippen LogP contribution in [-0.4, -0.2) is 4.98 Å². The maximum Gasteiger partial charge on any atom is 0.0891 e. The summed E-state index contributed by atoms with van der Waals surface area (Å²) in [6, 6.07) is 20.9. The quantitative estimate of drug-likeness (QED) is 0.587. The van der Waals surface area contributed by atoms with Crippen molar-refractivity contribution in [2.75, 3.05) is 4.90 Å². The summed E-state index contributed by atoms with van der Waals surface area (Å²) < 4.78 is 0. The summed E-state index contributed by atoms with van der Waals surface area (Å²) in [6.07, 6.45) is 0. The van der Waals surface area contributed by atoms with E-state index < -0.39 is 0 Å². The number of aromatic nitrogens is 1. The monoisotopic (exact) mass is 334 g/mol. The second kappa shape index (κ2) is 5.95. The Morgan fingerprint density at radius 3 is 2.46 bits per heavy atom. The molecule has 0 aliphatic carbocycles. The van der Waals surface area contributed by atoms with E-state index in [2.05, 4.69) is 55.1 Å². The second-order valence-corrected chi connectivity index (χ2v) is 6.84. The van der Waals surface area contributed by atoms with E-state index in [1.54, 1.807) is 0 Å². The lowest BCUT2D eigenvalue weighted by molar-refractivity contribution is 0.700. The maximum atomic E-state index is 6.83. The highest BCUT2D eigenvalue weighted by Gasteiger charge is 2.28. The first kappa shape index (κ1) is 15.2. The van der Waals surface area contributed by atoms with Crippen molar-refractivity contribution in [3.05, 3.63) is 77.6 Å². The van der Waals surface area contributed by atoms with Crippen molar-refractivity contribution in [2.24, 2.45) is 5.92 Å². The number of halogens is 1. The average Bonchev–Trinajstić information content (AvgIpc) is 2.60. The third-order valence-electron chi connectivity index (χ3n) is 4.47. The molecular formula is C21H19ClN2. The van der Waals surface area contributed by atoms with Gasteiger partial charge in [0.05, 0.1) is 22.8 Å². The van der Waals surface area contributed by atoms with Crippen LogP contribution in [0, 0.1) is 5.92 Å². The van der Waals surface area contributed by atoms with Crippen LogP contribution < -0.4 is 4.90 Å². The van der Waals surface area contributed by atoms with Gasteiger partial charge in [0.2, 0.25) is 0 Å². The van der Waals surface area contributed by atoms with Gasteiger partial charge in [0.25, 0.3) is 0 Å². The Hall–Kier alpha value is -2.32. The van der Waals surface area contributed by atoms with Crippen molar-refractivity contribution in [1.82, 2.24) is 4.98 Å². The highest BCUT2D eigenvalue weighted by atomic mass is 35.5. The molecule has 3 aromatic rings. The summed E-state index contributed by atoms with van der Waals surface area (Å²) in [5, 5.41) is 1.92. The first-order valence-electron chi connectivity index (χ1n) is 8.26. The minimum Gasteiger partial charge on any atom is -0.339 e. The third-order valence-corrected chi connectivity index (χ3v) is 4.84. The van der Waals surface area contributed by atoms with E-state index in [1.165, 1.54) is 5.56 Å². The van der Waals surface area contributed by atoms with Crippen LogP contribution in [0.3, 0.4) is 0 Å². The summed E-state index contributed by atoms with van der Waals surface area (Å²) in [7, 11) is 0. The standard InChI is InChI=1S/C21H19ClN2/c1-14(2)21-19(22)20-16(12-15-8-6-7-11-18(15)23-20)13-24(21)17-9-4-3-5-10-17/h3-12,14H,13H2,1-2H3. The number of allylic oxidation sites excluding steroid dienone is 1. The molecular weight excluding hydrogens is 316 g/mol. The van der Waals surface area contributed by atoms with E-state index in [-0.39, 0.29) is 0 Å². The molecule has 4 rings (SSSR count). The van der Waals surface area contributed by atoms with Crippen LogP contribution in [-0.2, 0) is 6.54 Å². The van der Waals surface area contributed by atoms with Gasteiger partial charge in [0.15, 0.2) is 0 Å². The molecule has 120 valence electrons. The number of anilines is 1. The molecule has 2 heterocycles. The lowest BCUT2D eigenvalue weighted by Gasteiger charge is -2.35. The summed E-state index contributed by atoms with van der Waals surface area (Å²) in [4.78, 5) is 7.15. The SMILES string of the molecule is CC(C)C1=C(Cl)c2nc3ccccc3cc2CN1c1ccccc1. The summed E-state index contributed by atoms with van der Waals surface area (Å²) in [6.45, 7) is 5.15. The van der Waals surface area contributed by atoms with Crippen LogP contribution in [0.5, 0.6) is 0 Å². The Balaban J connectivity index is 1.94. The van der Waals surface area contributed by atoms with Crippen LogP contribution in [0.2, 0.25) is 0 Å². The smallest absolute Gasteiger partial charge is 0.0891 e. The van der Waals surface area contributed by atoms with E-state index in [4.69, 9.17) is 16.6 Å². The number of rotatable bonds is 2. The summed E-state index contributed by atoms with van der Waals surface area (Å²) >= 11 is 6.83. The Morgan fingerprint density at radius 1 is 1.00 bits per heavy atom. The van der Waals surface area contributed by atoms with E-state index >= 15 is 0 Å². The first-order chi connectivity index (χ1) is 11.6. The van der Waals surface area contributed by atoms with Crippen molar-refractivity contribution in [1.29, 1.82) is 0 Å². The van der Waals surface area contributed by atoms with E-state index in [1.807, 2.05) is 24.3 Å². The molecule has 0 unspecified atom stereocenters. The van der Waals surface area contributed by atoms with Gasteiger partial charge in [-0.3, -0.25) is 0 Å². The molecule has 0 atom stereocenters. The Bertz CT molecular complexity index is 929. The number of para-hydroxylation sites is 2.